The van der Waals surface area contributed by atoms with Crippen molar-refractivity contribution in [3.63, 3.8) is 0 Å². The van der Waals surface area contributed by atoms with Gasteiger partial charge in [-0.15, -0.1) is 0 Å². The third-order valence-corrected chi connectivity index (χ3v) is 3.23. The third-order valence-electron chi connectivity index (χ3n) is 2.91. The Hall–Kier alpha value is -0.730. The Labute approximate surface area is 116 Å². The second-order valence-electron chi connectivity index (χ2n) is 4.56. The Morgan fingerprint density at radius 1 is 1.28 bits per heavy atom. The number of benzene rings is 1. The van der Waals surface area contributed by atoms with Gasteiger partial charge >= 0.3 is 0 Å². The van der Waals surface area contributed by atoms with E-state index in [2.05, 4.69) is 32.2 Å². The maximum Gasteiger partial charge on any atom is 0.120 e. The summed E-state index contributed by atoms with van der Waals surface area (Å²) in [4.78, 5) is 0. The minimum Gasteiger partial charge on any atom is -0.494 e. The van der Waals surface area contributed by atoms with Crippen LogP contribution in [0.5, 0.6) is 5.75 Å². The van der Waals surface area contributed by atoms with Gasteiger partial charge in [0, 0.05) is 11.1 Å². The number of halogens is 1. The van der Waals surface area contributed by atoms with Gasteiger partial charge in [0.2, 0.25) is 0 Å². The summed E-state index contributed by atoms with van der Waals surface area (Å²) in [6, 6.07) is 6.25. The van der Waals surface area contributed by atoms with Crippen molar-refractivity contribution >= 4 is 11.6 Å². The van der Waals surface area contributed by atoms with Crippen molar-refractivity contribution in [2.75, 3.05) is 13.2 Å². The summed E-state index contributed by atoms with van der Waals surface area (Å²) in [6.45, 7) is 8.21. The second-order valence-corrected chi connectivity index (χ2v) is 4.97. The Morgan fingerprint density at radius 2 is 2.06 bits per heavy atom. The minimum atomic E-state index is 0.280. The Bertz CT molecular complexity index is 354. The van der Waals surface area contributed by atoms with Gasteiger partial charge in [-0.3, -0.25) is 0 Å². The van der Waals surface area contributed by atoms with Crippen LogP contribution in [0.1, 0.15) is 51.6 Å². The molecule has 0 aromatic heterocycles. The molecule has 0 saturated heterocycles. The maximum atomic E-state index is 6.30. The van der Waals surface area contributed by atoms with E-state index in [1.54, 1.807) is 0 Å². The first-order chi connectivity index (χ1) is 8.69. The average Bonchev–Trinajstić information content (AvgIpc) is 2.36. The van der Waals surface area contributed by atoms with E-state index >= 15 is 0 Å². The molecule has 0 radical (unpaired) electrons. The number of unbranched alkanes of at least 4 members (excludes halogenated alkanes) is 1. The molecule has 18 heavy (non-hydrogen) atoms. The van der Waals surface area contributed by atoms with Gasteiger partial charge in [-0.25, -0.2) is 0 Å². The predicted octanol–water partition coefficient (Wildman–Crippen LogP) is 4.58. The van der Waals surface area contributed by atoms with Crippen LogP contribution in [0.3, 0.4) is 0 Å². The van der Waals surface area contributed by atoms with Gasteiger partial charge in [0.15, 0.2) is 0 Å². The summed E-state index contributed by atoms with van der Waals surface area (Å²) >= 11 is 6.30. The van der Waals surface area contributed by atoms with Gasteiger partial charge in [-0.05, 0) is 44.0 Å². The maximum absolute atomic E-state index is 6.30. The number of hydrogen-bond acceptors (Lipinski definition) is 2. The molecule has 1 unspecified atom stereocenters. The highest BCUT2D eigenvalue weighted by Crippen LogP contribution is 2.27. The zero-order valence-corrected chi connectivity index (χ0v) is 12.4. The highest BCUT2D eigenvalue weighted by atomic mass is 35.5. The van der Waals surface area contributed by atoms with E-state index in [1.807, 2.05) is 12.1 Å². The normalized spacial score (nSPS) is 12.4. The van der Waals surface area contributed by atoms with Crippen molar-refractivity contribution in [2.45, 2.75) is 46.1 Å². The first kappa shape index (κ1) is 15.3. The molecule has 0 fully saturated rings. The molecule has 1 aromatic rings. The molecular weight excluding hydrogens is 246 g/mol. The lowest BCUT2D eigenvalue weighted by Gasteiger charge is -2.16. The van der Waals surface area contributed by atoms with E-state index in [4.69, 9.17) is 16.3 Å². The largest absolute Gasteiger partial charge is 0.494 e. The molecule has 102 valence electrons. The van der Waals surface area contributed by atoms with Crippen LogP contribution in [0.4, 0.5) is 0 Å². The molecule has 1 N–H and O–H groups in total. The summed E-state index contributed by atoms with van der Waals surface area (Å²) in [7, 11) is 0. The van der Waals surface area contributed by atoms with E-state index in [9.17, 15) is 0 Å². The van der Waals surface area contributed by atoms with Gasteiger partial charge in [-0.1, -0.05) is 37.9 Å². The monoisotopic (exact) mass is 269 g/mol. The highest BCUT2D eigenvalue weighted by molar-refractivity contribution is 6.31. The van der Waals surface area contributed by atoms with Crippen LogP contribution in [0.25, 0.3) is 0 Å². The Morgan fingerprint density at radius 3 is 2.67 bits per heavy atom. The summed E-state index contributed by atoms with van der Waals surface area (Å²) in [5, 5.41) is 4.21. The molecule has 3 heteroatoms. The topological polar surface area (TPSA) is 21.3 Å². The van der Waals surface area contributed by atoms with Crippen LogP contribution in [-0.2, 0) is 0 Å². The first-order valence-corrected chi connectivity index (χ1v) is 7.22. The number of hydrogen-bond donors (Lipinski definition) is 1. The lowest BCUT2D eigenvalue weighted by molar-refractivity contribution is 0.309. The average molecular weight is 270 g/mol. The lowest BCUT2D eigenvalue weighted by atomic mass is 10.1. The molecule has 0 aliphatic heterocycles. The predicted molar refractivity (Wildman–Crippen MR) is 78.6 cm³/mol. The van der Waals surface area contributed by atoms with Crippen molar-refractivity contribution in [3.8, 4) is 5.75 Å². The lowest BCUT2D eigenvalue weighted by Crippen LogP contribution is -2.19. The van der Waals surface area contributed by atoms with Crippen LogP contribution in [-0.4, -0.2) is 13.2 Å². The molecule has 0 heterocycles. The van der Waals surface area contributed by atoms with Gasteiger partial charge in [0.1, 0.15) is 5.75 Å². The summed E-state index contributed by atoms with van der Waals surface area (Å²) in [5.74, 6) is 0.861. The minimum absolute atomic E-state index is 0.280. The van der Waals surface area contributed by atoms with Crippen LogP contribution >= 0.6 is 11.6 Å². The van der Waals surface area contributed by atoms with Crippen molar-refractivity contribution < 1.29 is 4.74 Å². The summed E-state index contributed by atoms with van der Waals surface area (Å²) < 4.78 is 5.64. The smallest absolute Gasteiger partial charge is 0.120 e. The zero-order chi connectivity index (χ0) is 13.4. The van der Waals surface area contributed by atoms with E-state index in [1.165, 1.54) is 0 Å². The molecule has 0 saturated carbocycles. The number of nitrogens with one attached hydrogen (secondary N) is 1. The standard InChI is InChI=1S/C15H24ClNO/c1-4-6-10-18-13-7-8-14(15(16)11-13)12(3)17-9-5-2/h7-8,11-12,17H,4-6,9-10H2,1-3H3. The van der Waals surface area contributed by atoms with E-state index in [-0.39, 0.29) is 6.04 Å². The molecule has 1 aromatic carbocycles. The summed E-state index contributed by atoms with van der Waals surface area (Å²) in [6.07, 6.45) is 3.35. The third kappa shape index (κ3) is 4.87. The van der Waals surface area contributed by atoms with Crippen LogP contribution < -0.4 is 10.1 Å². The van der Waals surface area contributed by atoms with Gasteiger partial charge in [-0.2, -0.15) is 0 Å². The zero-order valence-electron chi connectivity index (χ0n) is 11.6. The summed E-state index contributed by atoms with van der Waals surface area (Å²) in [5.41, 5.74) is 1.13. The molecule has 0 amide bonds. The van der Waals surface area contributed by atoms with Gasteiger partial charge in [0.05, 0.1) is 6.61 Å². The van der Waals surface area contributed by atoms with Crippen LogP contribution in [0.2, 0.25) is 5.02 Å². The van der Waals surface area contributed by atoms with Gasteiger partial charge < -0.3 is 10.1 Å². The molecule has 0 spiro atoms. The van der Waals surface area contributed by atoms with Crippen LogP contribution in [0, 0.1) is 0 Å². The molecule has 0 aliphatic carbocycles. The van der Waals surface area contributed by atoms with Crippen molar-refractivity contribution in [2.24, 2.45) is 0 Å². The molecule has 1 atom stereocenters. The fourth-order valence-corrected chi connectivity index (χ4v) is 2.09. The van der Waals surface area contributed by atoms with Gasteiger partial charge in [0.25, 0.3) is 0 Å². The highest BCUT2D eigenvalue weighted by Gasteiger charge is 2.09. The molecule has 1 rings (SSSR count). The van der Waals surface area contributed by atoms with E-state index < -0.39 is 0 Å². The number of ether oxygens (including phenoxy) is 1. The van der Waals surface area contributed by atoms with E-state index in [0.29, 0.717) is 0 Å². The van der Waals surface area contributed by atoms with Crippen LogP contribution in [0.15, 0.2) is 18.2 Å². The van der Waals surface area contributed by atoms with Crippen molar-refractivity contribution in [1.29, 1.82) is 0 Å². The first-order valence-electron chi connectivity index (χ1n) is 6.84. The Balaban J connectivity index is 2.61. The van der Waals surface area contributed by atoms with Crippen molar-refractivity contribution in [1.82, 2.24) is 5.32 Å². The fourth-order valence-electron chi connectivity index (χ4n) is 1.75. The SMILES string of the molecule is CCCCOc1ccc(C(C)NCCC)c(Cl)c1. The van der Waals surface area contributed by atoms with Crippen molar-refractivity contribution in [3.05, 3.63) is 28.8 Å². The fraction of sp³-hybridized carbons (Fsp3) is 0.600. The Kier molecular flexibility index (Phi) is 7.14. The van der Waals surface area contributed by atoms with E-state index in [0.717, 1.165) is 48.7 Å². The number of rotatable bonds is 8. The molecular formula is C15H24ClNO. The molecule has 2 nitrogen and oxygen atoms in total. The molecule has 0 aliphatic rings. The molecule has 0 bridgehead atoms. The quantitative estimate of drug-likeness (QED) is 0.698. The second kappa shape index (κ2) is 8.39.